The summed E-state index contributed by atoms with van der Waals surface area (Å²) < 4.78 is 0. The summed E-state index contributed by atoms with van der Waals surface area (Å²) in [6.07, 6.45) is 0. The summed E-state index contributed by atoms with van der Waals surface area (Å²) in [4.78, 5) is 8.00. The van der Waals surface area contributed by atoms with E-state index in [4.69, 9.17) is 4.79 Å². The maximum Gasteiger partial charge on any atom is 0.106 e. The summed E-state index contributed by atoms with van der Waals surface area (Å²) in [6.45, 7) is 2.00. The quantitative estimate of drug-likeness (QED) is 0.448. The summed E-state index contributed by atoms with van der Waals surface area (Å²) in [5.41, 5.74) is 0. The molecular weight excluding hydrogens is 132 g/mol. The molecule has 0 spiro atoms. The van der Waals surface area contributed by atoms with E-state index in [0.717, 1.165) is 0 Å². The largest absolute Gasteiger partial charge is 0.307 e. The fraction of sp³-hybridized carbons (Fsp3) is 0. The zero-order chi connectivity index (χ0) is 2.00. The number of hydrogen-bond acceptors (Lipinski definition) is 1. The van der Waals surface area contributed by atoms with Gasteiger partial charge >= 0.3 is 0 Å². The third kappa shape index (κ3) is 15.2. The average Bonchev–Trinajstić information content (AvgIpc) is 1.00. The molecule has 24 valence electrons. The standard InChI is InChI=1S/CH2O.2Cr/c1-2;;/h1H2;;. The van der Waals surface area contributed by atoms with Gasteiger partial charge in [-0.2, -0.15) is 0 Å². The van der Waals surface area contributed by atoms with Gasteiger partial charge in [0.25, 0.3) is 0 Å². The van der Waals surface area contributed by atoms with E-state index < -0.39 is 0 Å². The van der Waals surface area contributed by atoms with Crippen molar-refractivity contribution in [1.29, 1.82) is 0 Å². The van der Waals surface area contributed by atoms with Gasteiger partial charge in [-0.15, -0.1) is 0 Å². The van der Waals surface area contributed by atoms with Crippen molar-refractivity contribution in [3.8, 4) is 0 Å². The van der Waals surface area contributed by atoms with Crippen molar-refractivity contribution in [2.45, 2.75) is 0 Å². The van der Waals surface area contributed by atoms with E-state index in [0.29, 0.717) is 0 Å². The first-order chi connectivity index (χ1) is 1.00. The van der Waals surface area contributed by atoms with E-state index >= 15 is 0 Å². The molecule has 0 amide bonds. The van der Waals surface area contributed by atoms with Crippen molar-refractivity contribution in [3.63, 3.8) is 0 Å². The van der Waals surface area contributed by atoms with Gasteiger partial charge in [-0.1, -0.05) is 0 Å². The van der Waals surface area contributed by atoms with Crippen LogP contribution in [0.4, 0.5) is 0 Å². The van der Waals surface area contributed by atoms with Crippen LogP contribution in [-0.4, -0.2) is 6.79 Å². The molecule has 0 aliphatic rings. The summed E-state index contributed by atoms with van der Waals surface area (Å²) in [7, 11) is 0. The summed E-state index contributed by atoms with van der Waals surface area (Å²) in [6, 6.07) is 0. The van der Waals surface area contributed by atoms with Gasteiger partial charge in [0.15, 0.2) is 0 Å². The van der Waals surface area contributed by atoms with Crippen LogP contribution in [0.5, 0.6) is 0 Å². The van der Waals surface area contributed by atoms with Gasteiger partial charge in [-0.25, -0.2) is 0 Å². The molecule has 0 atom stereocenters. The molecule has 0 rings (SSSR count). The molecule has 0 saturated carbocycles. The molecule has 0 aromatic carbocycles. The third-order valence-corrected chi connectivity index (χ3v) is 0. The topological polar surface area (TPSA) is 17.1 Å². The molecule has 0 saturated heterocycles. The van der Waals surface area contributed by atoms with Crippen molar-refractivity contribution < 1.29 is 39.5 Å². The van der Waals surface area contributed by atoms with E-state index in [1.807, 2.05) is 6.79 Å². The Balaban J connectivity index is -0.00000000500. The molecule has 0 radical (unpaired) electrons. The van der Waals surface area contributed by atoms with Crippen LogP contribution < -0.4 is 0 Å². The van der Waals surface area contributed by atoms with Crippen LogP contribution in [0.25, 0.3) is 0 Å². The molecule has 3 heteroatoms. The second-order valence-electron chi connectivity index (χ2n) is 0. The van der Waals surface area contributed by atoms with Crippen LogP contribution in [0, 0.1) is 0 Å². The molecule has 4 heavy (non-hydrogen) atoms. The van der Waals surface area contributed by atoms with Crippen molar-refractivity contribution in [3.05, 3.63) is 0 Å². The van der Waals surface area contributed by atoms with Crippen LogP contribution in [-0.2, 0) is 39.5 Å². The molecule has 1 nitrogen and oxygen atoms in total. The van der Waals surface area contributed by atoms with Crippen LogP contribution >= 0.6 is 0 Å². The first kappa shape index (κ1) is 21.9. The van der Waals surface area contributed by atoms with Gasteiger partial charge in [0.1, 0.15) is 6.79 Å². The Hall–Kier alpha value is 0.735. The molecule has 0 aliphatic heterocycles. The molecule has 0 N–H and O–H groups in total. The number of carbonyl (C=O) groups is 1. The molecule has 0 fully saturated rings. The second-order valence-corrected chi connectivity index (χ2v) is 0. The molecule has 0 aromatic heterocycles. The fourth-order valence-electron chi connectivity index (χ4n) is 0. The van der Waals surface area contributed by atoms with Crippen LogP contribution in [0.1, 0.15) is 0 Å². The minimum absolute atomic E-state index is 0. The van der Waals surface area contributed by atoms with Crippen molar-refractivity contribution in [1.82, 2.24) is 0 Å². The van der Waals surface area contributed by atoms with Gasteiger partial charge in [0.05, 0.1) is 0 Å². The zero-order valence-electron chi connectivity index (χ0n) is 1.93. The van der Waals surface area contributed by atoms with Gasteiger partial charge in [-0.05, 0) is 0 Å². The number of hydrogen-bond donors (Lipinski definition) is 0. The Morgan fingerprint density at radius 1 is 1.00 bits per heavy atom. The number of carbonyl (C=O) groups excluding carboxylic acids is 1. The van der Waals surface area contributed by atoms with Crippen molar-refractivity contribution in [2.24, 2.45) is 0 Å². The molecule has 0 heterocycles. The summed E-state index contributed by atoms with van der Waals surface area (Å²) >= 11 is 0. The Labute approximate surface area is 46.6 Å². The second kappa shape index (κ2) is 51.7. The minimum Gasteiger partial charge on any atom is -0.307 e. The monoisotopic (exact) mass is 134 g/mol. The Kier molecular flexibility index (Phi) is 284. The Morgan fingerprint density at radius 2 is 1.00 bits per heavy atom. The van der Waals surface area contributed by atoms with E-state index in [1.54, 1.807) is 0 Å². The zero-order valence-corrected chi connectivity index (χ0v) is 4.48. The van der Waals surface area contributed by atoms with Crippen LogP contribution in [0.15, 0.2) is 0 Å². The SMILES string of the molecule is C=O.[Cr].[Cr]. The van der Waals surface area contributed by atoms with Gasteiger partial charge in [-0.3, -0.25) is 0 Å². The van der Waals surface area contributed by atoms with Crippen LogP contribution in [0.3, 0.4) is 0 Å². The summed E-state index contributed by atoms with van der Waals surface area (Å²) in [5, 5.41) is 0. The number of rotatable bonds is 0. The molecule has 0 aliphatic carbocycles. The maximum absolute atomic E-state index is 8.00. The Morgan fingerprint density at radius 3 is 1.00 bits per heavy atom. The predicted octanol–water partition coefficient (Wildman–Crippen LogP) is -0.190. The smallest absolute Gasteiger partial charge is 0.106 e. The van der Waals surface area contributed by atoms with Gasteiger partial charge < -0.3 is 4.79 Å². The van der Waals surface area contributed by atoms with E-state index in [-0.39, 0.29) is 34.7 Å². The fourth-order valence-corrected chi connectivity index (χ4v) is 0. The van der Waals surface area contributed by atoms with Crippen LogP contribution in [0.2, 0.25) is 0 Å². The predicted molar refractivity (Wildman–Crippen MR) is 7.12 cm³/mol. The maximum atomic E-state index is 8.00. The first-order valence-corrected chi connectivity index (χ1v) is 0.289. The van der Waals surface area contributed by atoms with E-state index in [9.17, 15) is 0 Å². The van der Waals surface area contributed by atoms with Crippen molar-refractivity contribution >= 4 is 6.79 Å². The molecule has 0 aromatic rings. The normalized spacial score (nSPS) is 1.00. The van der Waals surface area contributed by atoms with Crippen molar-refractivity contribution in [2.75, 3.05) is 0 Å². The first-order valence-electron chi connectivity index (χ1n) is 0.289. The van der Waals surface area contributed by atoms with E-state index in [2.05, 4.69) is 0 Å². The third-order valence-electron chi connectivity index (χ3n) is 0. The van der Waals surface area contributed by atoms with Gasteiger partial charge in [0.2, 0.25) is 0 Å². The van der Waals surface area contributed by atoms with Gasteiger partial charge in [0, 0.05) is 34.7 Å². The summed E-state index contributed by atoms with van der Waals surface area (Å²) in [5.74, 6) is 0. The minimum atomic E-state index is 0. The molecular formula is CH2Cr2O. The van der Waals surface area contributed by atoms with E-state index in [1.165, 1.54) is 0 Å². The Bertz CT molecular complexity index is 6.00. The molecule has 0 unspecified atom stereocenters. The average molecular weight is 134 g/mol. The molecule has 0 bridgehead atoms.